The average molecular weight is 251 g/mol. The molecule has 1 amide bonds. The van der Waals surface area contributed by atoms with E-state index in [2.05, 4.69) is 9.72 Å². The van der Waals surface area contributed by atoms with Gasteiger partial charge in [0.25, 0.3) is 5.91 Å². The summed E-state index contributed by atoms with van der Waals surface area (Å²) < 4.78 is 4.56. The number of methoxy groups -OCH3 is 1. The molecule has 0 saturated heterocycles. The second kappa shape index (κ2) is 6.58. The Balaban J connectivity index is 2.56. The van der Waals surface area contributed by atoms with E-state index in [1.165, 1.54) is 13.3 Å². The SMILES string of the molecule is COC(=O)CCCN(C)c1ccnc(C(N)=O)c1. The number of anilines is 1. The van der Waals surface area contributed by atoms with E-state index in [4.69, 9.17) is 5.73 Å². The number of nitrogens with zero attached hydrogens (tertiary/aromatic N) is 2. The highest BCUT2D eigenvalue weighted by Crippen LogP contribution is 2.13. The monoisotopic (exact) mass is 251 g/mol. The van der Waals surface area contributed by atoms with Crippen LogP contribution in [0.2, 0.25) is 0 Å². The number of esters is 1. The Morgan fingerprint density at radius 1 is 1.50 bits per heavy atom. The summed E-state index contributed by atoms with van der Waals surface area (Å²) in [7, 11) is 3.24. The number of hydrogen-bond donors (Lipinski definition) is 1. The topological polar surface area (TPSA) is 85.5 Å². The molecule has 0 fully saturated rings. The number of nitrogens with two attached hydrogens (primary N) is 1. The van der Waals surface area contributed by atoms with Gasteiger partial charge in [-0.15, -0.1) is 0 Å². The van der Waals surface area contributed by atoms with Crippen molar-refractivity contribution in [2.45, 2.75) is 12.8 Å². The molecular weight excluding hydrogens is 234 g/mol. The minimum atomic E-state index is -0.556. The molecule has 0 spiro atoms. The molecule has 0 unspecified atom stereocenters. The van der Waals surface area contributed by atoms with Crippen molar-refractivity contribution < 1.29 is 14.3 Å². The summed E-state index contributed by atoms with van der Waals surface area (Å²) in [6, 6.07) is 3.41. The first-order valence-corrected chi connectivity index (χ1v) is 5.58. The van der Waals surface area contributed by atoms with Crippen molar-refractivity contribution in [2.75, 3.05) is 25.6 Å². The molecule has 1 aromatic rings. The van der Waals surface area contributed by atoms with E-state index in [1.807, 2.05) is 11.9 Å². The molecule has 6 heteroatoms. The van der Waals surface area contributed by atoms with Crippen molar-refractivity contribution in [3.63, 3.8) is 0 Å². The van der Waals surface area contributed by atoms with Gasteiger partial charge in [0.2, 0.25) is 0 Å². The van der Waals surface area contributed by atoms with Crippen LogP contribution in [-0.2, 0) is 9.53 Å². The predicted octanol–water partition coefficient (Wildman–Crippen LogP) is 0.570. The van der Waals surface area contributed by atoms with Crippen LogP contribution in [0.5, 0.6) is 0 Å². The van der Waals surface area contributed by atoms with Gasteiger partial charge in [0.05, 0.1) is 7.11 Å². The van der Waals surface area contributed by atoms with Gasteiger partial charge in [-0.05, 0) is 18.6 Å². The number of rotatable bonds is 6. The van der Waals surface area contributed by atoms with E-state index in [0.29, 0.717) is 19.4 Å². The van der Waals surface area contributed by atoms with Crippen LogP contribution in [-0.4, -0.2) is 37.6 Å². The maximum absolute atomic E-state index is 11.0. The number of primary amides is 1. The first kappa shape index (κ1) is 14.0. The van der Waals surface area contributed by atoms with E-state index >= 15 is 0 Å². The van der Waals surface area contributed by atoms with Crippen LogP contribution in [0.1, 0.15) is 23.3 Å². The van der Waals surface area contributed by atoms with Crippen LogP contribution in [0, 0.1) is 0 Å². The number of hydrogen-bond acceptors (Lipinski definition) is 5. The smallest absolute Gasteiger partial charge is 0.305 e. The van der Waals surface area contributed by atoms with Gasteiger partial charge in [-0.25, -0.2) is 0 Å². The van der Waals surface area contributed by atoms with E-state index in [1.54, 1.807) is 12.1 Å². The lowest BCUT2D eigenvalue weighted by atomic mass is 10.2. The molecule has 0 aliphatic heterocycles. The van der Waals surface area contributed by atoms with E-state index in [-0.39, 0.29) is 11.7 Å². The molecule has 1 heterocycles. The fourth-order valence-corrected chi connectivity index (χ4v) is 1.48. The Morgan fingerprint density at radius 3 is 2.83 bits per heavy atom. The summed E-state index contributed by atoms with van der Waals surface area (Å²) in [5.74, 6) is -0.782. The molecular formula is C12H17N3O3. The standard InChI is InChI=1S/C12H17N3O3/c1-15(7-3-4-11(16)18-2)9-5-6-14-10(8-9)12(13)17/h5-6,8H,3-4,7H2,1-2H3,(H2,13,17). The first-order chi connectivity index (χ1) is 8.54. The highest BCUT2D eigenvalue weighted by atomic mass is 16.5. The molecule has 0 atom stereocenters. The Hall–Kier alpha value is -2.11. The quantitative estimate of drug-likeness (QED) is 0.747. The van der Waals surface area contributed by atoms with E-state index < -0.39 is 5.91 Å². The molecule has 1 aromatic heterocycles. The third-order valence-electron chi connectivity index (χ3n) is 2.54. The number of carbonyl (C=O) groups is 2. The number of aromatic nitrogens is 1. The van der Waals surface area contributed by atoms with E-state index in [0.717, 1.165) is 5.69 Å². The maximum atomic E-state index is 11.0. The highest BCUT2D eigenvalue weighted by molar-refractivity contribution is 5.91. The van der Waals surface area contributed by atoms with Crippen molar-refractivity contribution in [3.8, 4) is 0 Å². The van der Waals surface area contributed by atoms with Crippen molar-refractivity contribution in [1.82, 2.24) is 4.98 Å². The summed E-state index contributed by atoms with van der Waals surface area (Å²) >= 11 is 0. The van der Waals surface area contributed by atoms with Crippen molar-refractivity contribution in [1.29, 1.82) is 0 Å². The van der Waals surface area contributed by atoms with Gasteiger partial charge in [-0.2, -0.15) is 0 Å². The lowest BCUT2D eigenvalue weighted by molar-refractivity contribution is -0.140. The predicted molar refractivity (Wildman–Crippen MR) is 67.3 cm³/mol. The molecule has 18 heavy (non-hydrogen) atoms. The Labute approximate surface area is 106 Å². The Kier molecular flexibility index (Phi) is 5.10. The van der Waals surface area contributed by atoms with Crippen LogP contribution < -0.4 is 10.6 Å². The van der Waals surface area contributed by atoms with Gasteiger partial charge < -0.3 is 15.4 Å². The van der Waals surface area contributed by atoms with Gasteiger partial charge in [-0.3, -0.25) is 14.6 Å². The molecule has 1 rings (SSSR count). The van der Waals surface area contributed by atoms with Crippen LogP contribution in [0.3, 0.4) is 0 Å². The fraction of sp³-hybridized carbons (Fsp3) is 0.417. The average Bonchev–Trinajstić information content (AvgIpc) is 2.38. The van der Waals surface area contributed by atoms with Crippen molar-refractivity contribution >= 4 is 17.6 Å². The van der Waals surface area contributed by atoms with E-state index in [9.17, 15) is 9.59 Å². The van der Waals surface area contributed by atoms with Gasteiger partial charge in [0.15, 0.2) is 0 Å². The highest BCUT2D eigenvalue weighted by Gasteiger charge is 2.07. The summed E-state index contributed by atoms with van der Waals surface area (Å²) in [5.41, 5.74) is 6.23. The summed E-state index contributed by atoms with van der Waals surface area (Å²) in [6.45, 7) is 0.678. The van der Waals surface area contributed by atoms with Gasteiger partial charge in [-0.1, -0.05) is 0 Å². The molecule has 0 radical (unpaired) electrons. The number of amides is 1. The van der Waals surface area contributed by atoms with Crippen LogP contribution in [0.25, 0.3) is 0 Å². The van der Waals surface area contributed by atoms with Crippen LogP contribution in [0.15, 0.2) is 18.3 Å². The van der Waals surface area contributed by atoms with Crippen molar-refractivity contribution in [2.24, 2.45) is 5.73 Å². The maximum Gasteiger partial charge on any atom is 0.305 e. The second-order valence-electron chi connectivity index (χ2n) is 3.86. The number of ether oxygens (including phenoxy) is 1. The Bertz CT molecular complexity index is 434. The van der Waals surface area contributed by atoms with Gasteiger partial charge in [0.1, 0.15) is 5.69 Å². The molecule has 0 aromatic carbocycles. The number of pyridine rings is 1. The van der Waals surface area contributed by atoms with Crippen LogP contribution >= 0.6 is 0 Å². The summed E-state index contributed by atoms with van der Waals surface area (Å²) in [6.07, 6.45) is 2.58. The summed E-state index contributed by atoms with van der Waals surface area (Å²) in [4.78, 5) is 27.8. The minimum absolute atomic E-state index is 0.226. The molecule has 2 N–H and O–H groups in total. The molecule has 0 aliphatic rings. The zero-order valence-corrected chi connectivity index (χ0v) is 10.5. The van der Waals surface area contributed by atoms with Crippen LogP contribution in [0.4, 0.5) is 5.69 Å². The fourth-order valence-electron chi connectivity index (χ4n) is 1.48. The molecule has 0 bridgehead atoms. The zero-order chi connectivity index (χ0) is 13.5. The Morgan fingerprint density at radius 2 is 2.22 bits per heavy atom. The molecule has 0 saturated carbocycles. The van der Waals surface area contributed by atoms with Crippen molar-refractivity contribution in [3.05, 3.63) is 24.0 Å². The number of carbonyl (C=O) groups excluding carboxylic acids is 2. The lowest BCUT2D eigenvalue weighted by Gasteiger charge is -2.19. The third kappa shape index (κ3) is 4.04. The molecule has 6 nitrogen and oxygen atoms in total. The second-order valence-corrected chi connectivity index (χ2v) is 3.86. The third-order valence-corrected chi connectivity index (χ3v) is 2.54. The molecule has 0 aliphatic carbocycles. The lowest BCUT2D eigenvalue weighted by Crippen LogP contribution is -2.21. The molecule has 98 valence electrons. The first-order valence-electron chi connectivity index (χ1n) is 5.58. The van der Waals surface area contributed by atoms with Gasteiger partial charge in [0, 0.05) is 31.9 Å². The zero-order valence-electron chi connectivity index (χ0n) is 10.5. The largest absolute Gasteiger partial charge is 0.469 e. The summed E-state index contributed by atoms with van der Waals surface area (Å²) in [5, 5.41) is 0. The van der Waals surface area contributed by atoms with Gasteiger partial charge >= 0.3 is 5.97 Å². The minimum Gasteiger partial charge on any atom is -0.469 e. The normalized spacial score (nSPS) is 9.89.